The molecule has 0 spiro atoms. The molecule has 5 heteroatoms. The molecule has 0 unspecified atom stereocenters. The second-order valence-corrected chi connectivity index (χ2v) is 2.69. The Bertz CT molecular complexity index is 310. The van der Waals surface area contributed by atoms with Crippen LogP contribution in [-0.2, 0) is 6.54 Å². The number of guanidine groups is 1. The van der Waals surface area contributed by atoms with Gasteiger partial charge in [-0.1, -0.05) is 12.1 Å². The third-order valence-corrected chi connectivity index (χ3v) is 1.57. The molecule has 1 heterocycles. The molecule has 0 aliphatic carbocycles. The number of aromatic nitrogens is 1. The van der Waals surface area contributed by atoms with Crippen LogP contribution in [0.25, 0.3) is 0 Å². The van der Waals surface area contributed by atoms with E-state index in [1.54, 1.807) is 12.3 Å². The Balaban J connectivity index is 0.00000196. The molecule has 0 bridgehead atoms. The van der Waals surface area contributed by atoms with Crippen LogP contribution in [0, 0.1) is 0 Å². The van der Waals surface area contributed by atoms with E-state index in [4.69, 9.17) is 5.73 Å². The molecule has 0 aromatic carbocycles. The SMILES string of the molecule is Br.C=CCNC(N)=NCc1ccccn1. The number of nitrogens with one attached hydrogen (secondary N) is 1. The van der Waals surface area contributed by atoms with Crippen molar-refractivity contribution < 1.29 is 0 Å². The predicted molar refractivity (Wildman–Crippen MR) is 68.1 cm³/mol. The molecule has 0 aliphatic rings. The molecule has 82 valence electrons. The summed E-state index contributed by atoms with van der Waals surface area (Å²) >= 11 is 0. The van der Waals surface area contributed by atoms with E-state index in [1.807, 2.05) is 18.2 Å². The molecule has 0 radical (unpaired) electrons. The molecule has 0 saturated heterocycles. The topological polar surface area (TPSA) is 63.3 Å². The van der Waals surface area contributed by atoms with E-state index in [0.29, 0.717) is 19.0 Å². The summed E-state index contributed by atoms with van der Waals surface area (Å²) in [5.74, 6) is 0.413. The minimum atomic E-state index is 0. The summed E-state index contributed by atoms with van der Waals surface area (Å²) in [7, 11) is 0. The Morgan fingerprint density at radius 2 is 2.40 bits per heavy atom. The second kappa shape index (κ2) is 7.99. The van der Waals surface area contributed by atoms with Crippen LogP contribution in [0.5, 0.6) is 0 Å². The number of aliphatic imine (C=N–C) groups is 1. The zero-order valence-electron chi connectivity index (χ0n) is 8.39. The Morgan fingerprint density at radius 1 is 1.60 bits per heavy atom. The highest BCUT2D eigenvalue weighted by molar-refractivity contribution is 8.93. The zero-order valence-corrected chi connectivity index (χ0v) is 10.1. The Morgan fingerprint density at radius 3 is 3.00 bits per heavy atom. The van der Waals surface area contributed by atoms with Gasteiger partial charge in [0.1, 0.15) is 0 Å². The Labute approximate surface area is 100 Å². The van der Waals surface area contributed by atoms with E-state index in [-0.39, 0.29) is 17.0 Å². The van der Waals surface area contributed by atoms with Gasteiger partial charge in [0.2, 0.25) is 0 Å². The highest BCUT2D eigenvalue weighted by Crippen LogP contribution is 1.94. The van der Waals surface area contributed by atoms with E-state index in [0.717, 1.165) is 5.69 Å². The summed E-state index contributed by atoms with van der Waals surface area (Å²) in [4.78, 5) is 8.23. The Hall–Kier alpha value is -1.36. The van der Waals surface area contributed by atoms with Gasteiger partial charge in [-0.25, -0.2) is 4.99 Å². The maximum absolute atomic E-state index is 5.57. The lowest BCUT2D eigenvalue weighted by Crippen LogP contribution is -2.31. The average molecular weight is 271 g/mol. The van der Waals surface area contributed by atoms with E-state index in [2.05, 4.69) is 21.9 Å². The maximum Gasteiger partial charge on any atom is 0.189 e. The first-order valence-electron chi connectivity index (χ1n) is 4.37. The smallest absolute Gasteiger partial charge is 0.189 e. The van der Waals surface area contributed by atoms with Crippen LogP contribution in [0.15, 0.2) is 42.0 Å². The Kier molecular flexibility index (Phi) is 7.27. The van der Waals surface area contributed by atoms with Crippen molar-refractivity contribution in [1.29, 1.82) is 0 Å². The third-order valence-electron chi connectivity index (χ3n) is 1.57. The van der Waals surface area contributed by atoms with Gasteiger partial charge in [0.15, 0.2) is 5.96 Å². The van der Waals surface area contributed by atoms with E-state index in [9.17, 15) is 0 Å². The van der Waals surface area contributed by atoms with Gasteiger partial charge >= 0.3 is 0 Å². The molecule has 0 fully saturated rings. The first kappa shape index (κ1) is 13.6. The highest BCUT2D eigenvalue weighted by atomic mass is 79.9. The van der Waals surface area contributed by atoms with Gasteiger partial charge < -0.3 is 11.1 Å². The van der Waals surface area contributed by atoms with Crippen LogP contribution >= 0.6 is 17.0 Å². The molecule has 4 nitrogen and oxygen atoms in total. The number of nitrogens with two attached hydrogens (primary N) is 1. The van der Waals surface area contributed by atoms with Crippen LogP contribution in [-0.4, -0.2) is 17.5 Å². The first-order valence-corrected chi connectivity index (χ1v) is 4.37. The lowest BCUT2D eigenvalue weighted by molar-refractivity contribution is 0.940. The molecule has 1 aromatic heterocycles. The van der Waals surface area contributed by atoms with Crippen molar-refractivity contribution in [2.45, 2.75) is 6.54 Å². The van der Waals surface area contributed by atoms with Gasteiger partial charge in [0.05, 0.1) is 12.2 Å². The molecule has 1 rings (SSSR count). The van der Waals surface area contributed by atoms with Crippen molar-refractivity contribution >= 4 is 22.9 Å². The quantitative estimate of drug-likeness (QED) is 0.492. The number of hydrogen-bond acceptors (Lipinski definition) is 2. The number of rotatable bonds is 4. The van der Waals surface area contributed by atoms with Gasteiger partial charge in [-0.05, 0) is 12.1 Å². The minimum Gasteiger partial charge on any atom is -0.370 e. The number of halogens is 1. The summed E-state index contributed by atoms with van der Waals surface area (Å²) < 4.78 is 0. The molecule has 0 aliphatic heterocycles. The van der Waals surface area contributed by atoms with E-state index < -0.39 is 0 Å². The maximum atomic E-state index is 5.57. The molecule has 0 saturated carbocycles. The van der Waals surface area contributed by atoms with Crippen LogP contribution in [0.4, 0.5) is 0 Å². The molecule has 0 atom stereocenters. The molecular formula is C10H15BrN4. The normalized spacial score (nSPS) is 10.3. The van der Waals surface area contributed by atoms with Crippen LogP contribution in [0.2, 0.25) is 0 Å². The van der Waals surface area contributed by atoms with Gasteiger partial charge in [0.25, 0.3) is 0 Å². The molecule has 15 heavy (non-hydrogen) atoms. The van der Waals surface area contributed by atoms with Crippen LogP contribution < -0.4 is 11.1 Å². The minimum absolute atomic E-state index is 0. The summed E-state index contributed by atoms with van der Waals surface area (Å²) in [6, 6.07) is 5.70. The summed E-state index contributed by atoms with van der Waals surface area (Å²) in [5.41, 5.74) is 6.47. The largest absolute Gasteiger partial charge is 0.370 e. The van der Waals surface area contributed by atoms with Gasteiger partial charge in [-0.15, -0.1) is 23.6 Å². The van der Waals surface area contributed by atoms with Crippen molar-refractivity contribution in [1.82, 2.24) is 10.3 Å². The summed E-state index contributed by atoms with van der Waals surface area (Å²) in [6.07, 6.45) is 3.46. The third kappa shape index (κ3) is 5.85. The molecule has 3 N–H and O–H groups in total. The van der Waals surface area contributed by atoms with Crippen LogP contribution in [0.3, 0.4) is 0 Å². The van der Waals surface area contributed by atoms with Crippen molar-refractivity contribution in [3.8, 4) is 0 Å². The fourth-order valence-corrected chi connectivity index (χ4v) is 0.890. The van der Waals surface area contributed by atoms with Crippen molar-refractivity contribution in [3.63, 3.8) is 0 Å². The first-order chi connectivity index (χ1) is 6.83. The predicted octanol–water partition coefficient (Wildman–Crippen LogP) is 1.25. The lowest BCUT2D eigenvalue weighted by atomic mass is 10.3. The fraction of sp³-hybridized carbons (Fsp3) is 0.200. The second-order valence-electron chi connectivity index (χ2n) is 2.69. The van der Waals surface area contributed by atoms with Crippen LogP contribution in [0.1, 0.15) is 5.69 Å². The highest BCUT2D eigenvalue weighted by Gasteiger charge is 1.91. The van der Waals surface area contributed by atoms with E-state index in [1.165, 1.54) is 0 Å². The monoisotopic (exact) mass is 270 g/mol. The average Bonchev–Trinajstić information content (AvgIpc) is 2.25. The lowest BCUT2D eigenvalue weighted by Gasteiger charge is -2.01. The van der Waals surface area contributed by atoms with Crippen molar-refractivity contribution in [2.75, 3.05) is 6.54 Å². The van der Waals surface area contributed by atoms with E-state index >= 15 is 0 Å². The molecule has 0 amide bonds. The number of hydrogen-bond donors (Lipinski definition) is 2. The number of nitrogens with zero attached hydrogens (tertiary/aromatic N) is 2. The van der Waals surface area contributed by atoms with Gasteiger partial charge in [-0.2, -0.15) is 0 Å². The van der Waals surface area contributed by atoms with Crippen molar-refractivity contribution in [3.05, 3.63) is 42.7 Å². The van der Waals surface area contributed by atoms with Gasteiger partial charge in [-0.3, -0.25) is 4.98 Å². The zero-order chi connectivity index (χ0) is 10.2. The molecular weight excluding hydrogens is 256 g/mol. The standard InChI is InChI=1S/C10H14N4.BrH/c1-2-6-13-10(11)14-8-9-5-3-4-7-12-9;/h2-5,7H,1,6,8H2,(H3,11,13,14);1H. The van der Waals surface area contributed by atoms with Gasteiger partial charge in [0, 0.05) is 12.7 Å². The summed E-state index contributed by atoms with van der Waals surface area (Å²) in [6.45, 7) is 4.68. The fourth-order valence-electron chi connectivity index (χ4n) is 0.890. The molecule has 1 aromatic rings. The number of pyridine rings is 1. The summed E-state index contributed by atoms with van der Waals surface area (Å²) in [5, 5.41) is 2.88. The van der Waals surface area contributed by atoms with Crippen molar-refractivity contribution in [2.24, 2.45) is 10.7 Å².